The van der Waals surface area contributed by atoms with Crippen molar-refractivity contribution in [1.82, 2.24) is 10.3 Å². The molecular formula is C17H21FN2OS. The zero-order valence-corrected chi connectivity index (χ0v) is 13.3. The minimum absolute atomic E-state index is 0.222. The zero-order chi connectivity index (χ0) is 15.4. The highest BCUT2D eigenvalue weighted by atomic mass is 32.1. The summed E-state index contributed by atoms with van der Waals surface area (Å²) in [5.74, 6) is 0.267. The molecule has 5 heteroatoms. The number of thiazole rings is 1. The minimum atomic E-state index is -0.222. The van der Waals surface area contributed by atoms with Crippen LogP contribution in [0.2, 0.25) is 0 Å². The van der Waals surface area contributed by atoms with Crippen molar-refractivity contribution in [3.63, 3.8) is 0 Å². The fourth-order valence-electron chi connectivity index (χ4n) is 2.91. The predicted octanol–water partition coefficient (Wildman–Crippen LogP) is 3.59. The van der Waals surface area contributed by atoms with Crippen LogP contribution in [0.5, 0.6) is 0 Å². The number of nitrogens with one attached hydrogen (secondary N) is 1. The highest BCUT2D eigenvalue weighted by Crippen LogP contribution is 2.26. The summed E-state index contributed by atoms with van der Waals surface area (Å²) in [6.07, 6.45) is 4.46. The summed E-state index contributed by atoms with van der Waals surface area (Å²) in [7, 11) is 0. The van der Waals surface area contributed by atoms with Gasteiger partial charge in [-0.05, 0) is 55.9 Å². The second-order valence-corrected chi connectivity index (χ2v) is 6.79. The number of benzene rings is 1. The molecule has 2 N–H and O–H groups in total. The standard InChI is InChI=1S/C17H21FN2OS/c18-14-5-3-13(4-6-14)17-20-16(11-22-17)9-19-15-7-1-12(10-21)2-8-15/h3-6,11-12,15,19,21H,1-2,7-10H2. The van der Waals surface area contributed by atoms with E-state index in [4.69, 9.17) is 5.11 Å². The molecule has 118 valence electrons. The van der Waals surface area contributed by atoms with Gasteiger partial charge >= 0.3 is 0 Å². The van der Waals surface area contributed by atoms with E-state index in [1.165, 1.54) is 12.1 Å². The second-order valence-electron chi connectivity index (χ2n) is 5.93. The Hall–Kier alpha value is -1.30. The Morgan fingerprint density at radius 3 is 2.59 bits per heavy atom. The molecule has 3 rings (SSSR count). The Bertz CT molecular complexity index is 591. The van der Waals surface area contributed by atoms with Crippen molar-refractivity contribution in [1.29, 1.82) is 0 Å². The summed E-state index contributed by atoms with van der Waals surface area (Å²) in [6, 6.07) is 6.99. The summed E-state index contributed by atoms with van der Waals surface area (Å²) in [5, 5.41) is 15.7. The first-order valence-electron chi connectivity index (χ1n) is 7.79. The third-order valence-corrected chi connectivity index (χ3v) is 5.26. The van der Waals surface area contributed by atoms with Crippen molar-refractivity contribution in [2.24, 2.45) is 5.92 Å². The van der Waals surface area contributed by atoms with Crippen molar-refractivity contribution in [3.05, 3.63) is 41.2 Å². The van der Waals surface area contributed by atoms with Crippen LogP contribution in [0.4, 0.5) is 4.39 Å². The highest BCUT2D eigenvalue weighted by Gasteiger charge is 2.20. The van der Waals surface area contributed by atoms with Gasteiger partial charge < -0.3 is 10.4 Å². The molecule has 1 saturated carbocycles. The minimum Gasteiger partial charge on any atom is -0.396 e. The number of rotatable bonds is 5. The molecule has 1 fully saturated rings. The number of aliphatic hydroxyl groups is 1. The maximum atomic E-state index is 12.9. The third-order valence-electron chi connectivity index (χ3n) is 4.32. The van der Waals surface area contributed by atoms with E-state index in [0.29, 0.717) is 18.6 Å². The van der Waals surface area contributed by atoms with Crippen LogP contribution in [0.3, 0.4) is 0 Å². The van der Waals surface area contributed by atoms with Gasteiger partial charge in [0.05, 0.1) is 5.69 Å². The van der Waals surface area contributed by atoms with Crippen LogP contribution >= 0.6 is 11.3 Å². The molecule has 0 amide bonds. The van der Waals surface area contributed by atoms with Gasteiger partial charge in [0.15, 0.2) is 0 Å². The van der Waals surface area contributed by atoms with E-state index < -0.39 is 0 Å². The van der Waals surface area contributed by atoms with Crippen LogP contribution in [0.25, 0.3) is 10.6 Å². The van der Waals surface area contributed by atoms with E-state index in [9.17, 15) is 4.39 Å². The van der Waals surface area contributed by atoms with E-state index >= 15 is 0 Å². The molecule has 22 heavy (non-hydrogen) atoms. The molecule has 0 radical (unpaired) electrons. The van der Waals surface area contributed by atoms with Crippen LogP contribution in [-0.4, -0.2) is 22.7 Å². The molecule has 0 atom stereocenters. The van der Waals surface area contributed by atoms with Gasteiger partial charge in [0.25, 0.3) is 0 Å². The van der Waals surface area contributed by atoms with Gasteiger partial charge in [0.1, 0.15) is 10.8 Å². The van der Waals surface area contributed by atoms with Crippen molar-refractivity contribution in [2.45, 2.75) is 38.3 Å². The summed E-state index contributed by atoms with van der Waals surface area (Å²) >= 11 is 1.59. The molecule has 1 aromatic carbocycles. The number of halogens is 1. The van der Waals surface area contributed by atoms with E-state index in [1.807, 2.05) is 0 Å². The van der Waals surface area contributed by atoms with Crippen LogP contribution < -0.4 is 5.32 Å². The number of hydrogen-bond acceptors (Lipinski definition) is 4. The van der Waals surface area contributed by atoms with E-state index in [-0.39, 0.29) is 5.82 Å². The Morgan fingerprint density at radius 1 is 1.18 bits per heavy atom. The molecule has 0 aliphatic heterocycles. The lowest BCUT2D eigenvalue weighted by Crippen LogP contribution is -2.33. The summed E-state index contributed by atoms with van der Waals surface area (Å²) in [4.78, 5) is 4.62. The average molecular weight is 320 g/mol. The lowest BCUT2D eigenvalue weighted by atomic mass is 9.86. The molecule has 1 aliphatic carbocycles. The molecule has 0 unspecified atom stereocenters. The molecule has 1 heterocycles. The molecule has 2 aromatic rings. The first-order chi connectivity index (χ1) is 10.7. The smallest absolute Gasteiger partial charge is 0.123 e. The topological polar surface area (TPSA) is 45.1 Å². The number of hydrogen-bond donors (Lipinski definition) is 2. The maximum absolute atomic E-state index is 12.9. The SMILES string of the molecule is OCC1CCC(NCc2csc(-c3ccc(F)cc3)n2)CC1. The van der Waals surface area contributed by atoms with Gasteiger partial charge in [-0.25, -0.2) is 9.37 Å². The molecule has 0 bridgehead atoms. The van der Waals surface area contributed by atoms with Crippen molar-refractivity contribution in [2.75, 3.05) is 6.61 Å². The quantitative estimate of drug-likeness (QED) is 0.885. The molecule has 3 nitrogen and oxygen atoms in total. The van der Waals surface area contributed by atoms with Crippen molar-refractivity contribution in [3.8, 4) is 10.6 Å². The Morgan fingerprint density at radius 2 is 1.91 bits per heavy atom. The molecule has 1 aromatic heterocycles. The fourth-order valence-corrected chi connectivity index (χ4v) is 3.74. The fraction of sp³-hybridized carbons (Fsp3) is 0.471. The summed E-state index contributed by atoms with van der Waals surface area (Å²) in [5.41, 5.74) is 2.00. The van der Waals surface area contributed by atoms with Gasteiger partial charge in [-0.1, -0.05) is 0 Å². The molecular weight excluding hydrogens is 299 g/mol. The lowest BCUT2D eigenvalue weighted by molar-refractivity contribution is 0.175. The first kappa shape index (κ1) is 15.6. The molecule has 0 saturated heterocycles. The number of aromatic nitrogens is 1. The summed E-state index contributed by atoms with van der Waals surface area (Å²) in [6.45, 7) is 1.09. The van der Waals surface area contributed by atoms with E-state index in [1.54, 1.807) is 23.5 Å². The van der Waals surface area contributed by atoms with Crippen molar-refractivity contribution >= 4 is 11.3 Å². The zero-order valence-electron chi connectivity index (χ0n) is 12.5. The first-order valence-corrected chi connectivity index (χ1v) is 8.67. The summed E-state index contributed by atoms with van der Waals surface area (Å²) < 4.78 is 12.9. The third kappa shape index (κ3) is 3.91. The van der Waals surface area contributed by atoms with Gasteiger partial charge in [0, 0.05) is 30.1 Å². The van der Waals surface area contributed by atoms with Crippen LogP contribution in [0, 0.1) is 11.7 Å². The number of aliphatic hydroxyl groups excluding tert-OH is 1. The molecule has 0 spiro atoms. The highest BCUT2D eigenvalue weighted by molar-refractivity contribution is 7.13. The Kier molecular flexibility index (Phi) is 5.18. The lowest BCUT2D eigenvalue weighted by Gasteiger charge is -2.27. The Balaban J connectivity index is 1.53. The van der Waals surface area contributed by atoms with Gasteiger partial charge in [-0.15, -0.1) is 11.3 Å². The van der Waals surface area contributed by atoms with Crippen LogP contribution in [0.15, 0.2) is 29.6 Å². The van der Waals surface area contributed by atoms with Gasteiger partial charge in [0.2, 0.25) is 0 Å². The monoisotopic (exact) mass is 320 g/mol. The van der Waals surface area contributed by atoms with Gasteiger partial charge in [-0.2, -0.15) is 0 Å². The van der Waals surface area contributed by atoms with Crippen molar-refractivity contribution < 1.29 is 9.50 Å². The Labute approximate surface area is 134 Å². The van der Waals surface area contributed by atoms with E-state index in [0.717, 1.165) is 48.5 Å². The predicted molar refractivity (Wildman–Crippen MR) is 87.2 cm³/mol. The van der Waals surface area contributed by atoms with E-state index in [2.05, 4.69) is 15.7 Å². The average Bonchev–Trinajstić information content (AvgIpc) is 3.03. The number of nitrogens with zero attached hydrogens (tertiary/aromatic N) is 1. The largest absolute Gasteiger partial charge is 0.396 e. The van der Waals surface area contributed by atoms with Gasteiger partial charge in [-0.3, -0.25) is 0 Å². The normalized spacial score (nSPS) is 21.9. The van der Waals surface area contributed by atoms with Crippen LogP contribution in [-0.2, 0) is 6.54 Å². The molecule has 1 aliphatic rings. The second kappa shape index (κ2) is 7.31. The van der Waals surface area contributed by atoms with Crippen LogP contribution in [0.1, 0.15) is 31.4 Å². The maximum Gasteiger partial charge on any atom is 0.123 e.